The lowest BCUT2D eigenvalue weighted by Gasteiger charge is -2.51. The van der Waals surface area contributed by atoms with Gasteiger partial charge in [0, 0.05) is 12.3 Å². The van der Waals surface area contributed by atoms with Gasteiger partial charge in [-0.2, -0.15) is 7.05 Å². The normalized spacial score (nSPS) is 42.2. The van der Waals surface area contributed by atoms with E-state index >= 15 is 0 Å². The van der Waals surface area contributed by atoms with Crippen molar-refractivity contribution in [3.8, 4) is 0 Å². The van der Waals surface area contributed by atoms with E-state index in [0.717, 1.165) is 23.7 Å². The first-order valence-corrected chi connectivity index (χ1v) is 7.29. The molecule has 1 saturated carbocycles. The number of nitrogens with two attached hydrogens (primary N) is 1. The fraction of sp³-hybridized carbons (Fsp3) is 0.812. The van der Waals surface area contributed by atoms with E-state index in [0.29, 0.717) is 5.54 Å². The van der Waals surface area contributed by atoms with E-state index in [2.05, 4.69) is 46.1 Å². The van der Waals surface area contributed by atoms with Crippen LogP contribution in [0.2, 0.25) is 0 Å². The van der Waals surface area contributed by atoms with Crippen LogP contribution < -0.4 is 5.32 Å². The Hall–Kier alpha value is -0.300. The smallest absolute Gasteiger partial charge is 0.0729 e. The van der Waals surface area contributed by atoms with Gasteiger partial charge in [-0.15, -0.1) is 0 Å². The van der Waals surface area contributed by atoms with E-state index < -0.39 is 0 Å². The Balaban J connectivity index is 2.29. The molecule has 17 heavy (non-hydrogen) atoms. The van der Waals surface area contributed by atoms with Gasteiger partial charge in [0.1, 0.15) is 0 Å². The summed E-state index contributed by atoms with van der Waals surface area (Å²) in [5.74, 6) is 3.35. The summed E-state index contributed by atoms with van der Waals surface area (Å²) in [5.41, 5.74) is 2.00. The minimum atomic E-state index is 0.382. The molecule has 0 aliphatic heterocycles. The molecular formula is C16H29N. The van der Waals surface area contributed by atoms with Crippen molar-refractivity contribution in [2.24, 2.45) is 23.7 Å². The van der Waals surface area contributed by atoms with Crippen LogP contribution in [0.25, 0.3) is 0 Å². The maximum Gasteiger partial charge on any atom is 0.0729 e. The third-order valence-electron chi connectivity index (χ3n) is 5.47. The van der Waals surface area contributed by atoms with Gasteiger partial charge in [-0.3, -0.25) is 0 Å². The fourth-order valence-corrected chi connectivity index (χ4v) is 4.18. The zero-order chi connectivity index (χ0) is 12.6. The minimum absolute atomic E-state index is 0.382. The van der Waals surface area contributed by atoms with Crippen molar-refractivity contribution in [1.29, 1.82) is 0 Å². The van der Waals surface area contributed by atoms with E-state index in [1.807, 2.05) is 0 Å². The molecule has 4 atom stereocenters. The van der Waals surface area contributed by atoms with Crippen molar-refractivity contribution in [3.63, 3.8) is 0 Å². The van der Waals surface area contributed by atoms with Crippen LogP contribution in [-0.4, -0.2) is 5.54 Å². The first-order valence-electron chi connectivity index (χ1n) is 7.29. The van der Waals surface area contributed by atoms with E-state index in [-0.39, 0.29) is 0 Å². The molecule has 0 aromatic rings. The van der Waals surface area contributed by atoms with Crippen LogP contribution in [0.1, 0.15) is 53.4 Å². The molecule has 0 unspecified atom stereocenters. The van der Waals surface area contributed by atoms with Crippen LogP contribution in [0, 0.1) is 30.7 Å². The van der Waals surface area contributed by atoms with Crippen LogP contribution in [0.15, 0.2) is 11.6 Å². The number of hydrogen-bond donors (Lipinski definition) is 1. The van der Waals surface area contributed by atoms with Gasteiger partial charge in [-0.05, 0) is 50.9 Å². The third kappa shape index (κ3) is 2.31. The van der Waals surface area contributed by atoms with Crippen molar-refractivity contribution in [3.05, 3.63) is 18.7 Å². The molecule has 2 rings (SSSR count). The van der Waals surface area contributed by atoms with Gasteiger partial charge in [0.05, 0.1) is 5.54 Å². The molecule has 1 nitrogen and oxygen atoms in total. The number of fused-ring (bicyclic) bond motifs is 1. The topological polar surface area (TPSA) is 16.6 Å². The predicted molar refractivity (Wildman–Crippen MR) is 73.2 cm³/mol. The number of quaternary nitrogens is 1. The number of allylic oxidation sites excluding steroid dienone is 2. The summed E-state index contributed by atoms with van der Waals surface area (Å²) in [5, 5.41) is 2.25. The quantitative estimate of drug-likeness (QED) is 0.559. The van der Waals surface area contributed by atoms with Crippen LogP contribution in [0.4, 0.5) is 0 Å². The Morgan fingerprint density at radius 3 is 2.71 bits per heavy atom. The second-order valence-corrected chi connectivity index (χ2v) is 6.89. The van der Waals surface area contributed by atoms with E-state index in [9.17, 15) is 0 Å². The minimum Gasteiger partial charge on any atom is -0.474 e. The summed E-state index contributed by atoms with van der Waals surface area (Å²) < 4.78 is 0. The van der Waals surface area contributed by atoms with Crippen molar-refractivity contribution in [2.45, 2.75) is 58.9 Å². The molecule has 2 aliphatic rings. The molecule has 98 valence electrons. The monoisotopic (exact) mass is 235 g/mol. The standard InChI is InChI=1S/C16H29N/c1-11(2)13-8-9-16(4,17-5)15-7-6-12(3)10-14(13)15/h10-11,13-15H,5-9,17H2,1-4H3/t13-,14+,15+,16+/m1/s1. The van der Waals surface area contributed by atoms with Gasteiger partial charge in [0.15, 0.2) is 0 Å². The van der Waals surface area contributed by atoms with Crippen molar-refractivity contribution < 1.29 is 5.32 Å². The molecule has 0 aromatic heterocycles. The van der Waals surface area contributed by atoms with Gasteiger partial charge >= 0.3 is 0 Å². The molecule has 0 aromatic carbocycles. The Morgan fingerprint density at radius 2 is 2.12 bits per heavy atom. The SMILES string of the molecule is [CH2-][NH2+][C@@]1(C)CC[C@H](C(C)C)[C@@H]2C=C(C)CC[C@@H]21. The van der Waals surface area contributed by atoms with Crippen LogP contribution in [-0.2, 0) is 0 Å². The Labute approximate surface area is 107 Å². The lowest BCUT2D eigenvalue weighted by molar-refractivity contribution is -0.686. The first kappa shape index (κ1) is 13.1. The highest BCUT2D eigenvalue weighted by molar-refractivity contribution is 5.13. The first-order chi connectivity index (χ1) is 7.98. The summed E-state index contributed by atoms with van der Waals surface area (Å²) in [6.07, 6.45) is 7.99. The highest BCUT2D eigenvalue weighted by Crippen LogP contribution is 2.48. The van der Waals surface area contributed by atoms with Crippen LogP contribution in [0.3, 0.4) is 0 Å². The van der Waals surface area contributed by atoms with Crippen molar-refractivity contribution >= 4 is 0 Å². The molecule has 0 radical (unpaired) electrons. The molecule has 1 heteroatoms. The third-order valence-corrected chi connectivity index (χ3v) is 5.47. The maximum absolute atomic E-state index is 4.12. The zero-order valence-electron chi connectivity index (χ0n) is 12.0. The fourth-order valence-electron chi connectivity index (χ4n) is 4.18. The Kier molecular flexibility index (Phi) is 3.68. The summed E-state index contributed by atoms with van der Waals surface area (Å²) in [7, 11) is 4.12. The molecule has 0 amide bonds. The second-order valence-electron chi connectivity index (χ2n) is 6.89. The van der Waals surface area contributed by atoms with Gasteiger partial charge in [-0.25, -0.2) is 0 Å². The van der Waals surface area contributed by atoms with Crippen LogP contribution >= 0.6 is 0 Å². The van der Waals surface area contributed by atoms with Crippen molar-refractivity contribution in [1.82, 2.24) is 0 Å². The lowest BCUT2D eigenvalue weighted by Crippen LogP contribution is -2.93. The summed E-state index contributed by atoms with van der Waals surface area (Å²) in [6, 6.07) is 0. The molecule has 1 fully saturated rings. The molecule has 2 N–H and O–H groups in total. The Bertz CT molecular complexity index is 305. The van der Waals surface area contributed by atoms with Crippen molar-refractivity contribution in [2.75, 3.05) is 0 Å². The van der Waals surface area contributed by atoms with Gasteiger partial charge < -0.3 is 5.32 Å². The highest BCUT2D eigenvalue weighted by Gasteiger charge is 2.47. The molecule has 0 bridgehead atoms. The average Bonchev–Trinajstić information content (AvgIpc) is 2.28. The maximum atomic E-state index is 4.12. The molecule has 0 saturated heterocycles. The zero-order valence-corrected chi connectivity index (χ0v) is 12.0. The van der Waals surface area contributed by atoms with Gasteiger partial charge in [0.2, 0.25) is 0 Å². The number of rotatable bonds is 2. The van der Waals surface area contributed by atoms with E-state index in [1.165, 1.54) is 25.7 Å². The van der Waals surface area contributed by atoms with Gasteiger partial charge in [0.25, 0.3) is 0 Å². The average molecular weight is 235 g/mol. The Morgan fingerprint density at radius 1 is 1.41 bits per heavy atom. The summed E-state index contributed by atoms with van der Waals surface area (Å²) in [4.78, 5) is 0. The summed E-state index contributed by atoms with van der Waals surface area (Å²) in [6.45, 7) is 9.54. The largest absolute Gasteiger partial charge is 0.474 e. The van der Waals surface area contributed by atoms with Crippen LogP contribution in [0.5, 0.6) is 0 Å². The van der Waals surface area contributed by atoms with E-state index in [4.69, 9.17) is 0 Å². The lowest BCUT2D eigenvalue weighted by atomic mass is 9.57. The number of hydrogen-bond acceptors (Lipinski definition) is 0. The molecule has 2 aliphatic carbocycles. The predicted octanol–water partition coefficient (Wildman–Crippen LogP) is 3.14. The highest BCUT2D eigenvalue weighted by atomic mass is 14.9. The molecular weight excluding hydrogens is 206 g/mol. The van der Waals surface area contributed by atoms with E-state index in [1.54, 1.807) is 5.57 Å². The summed E-state index contributed by atoms with van der Waals surface area (Å²) >= 11 is 0. The molecule has 0 spiro atoms. The molecule has 0 heterocycles. The van der Waals surface area contributed by atoms with Gasteiger partial charge in [-0.1, -0.05) is 25.5 Å². The second kappa shape index (κ2) is 4.76.